The fraction of sp³-hybridized carbons (Fsp3) is 0.350. The molecule has 1 fully saturated rings. The highest BCUT2D eigenvalue weighted by molar-refractivity contribution is 6.33. The van der Waals surface area contributed by atoms with Crippen molar-refractivity contribution in [3.8, 4) is 0 Å². The molecule has 24 heavy (non-hydrogen) atoms. The van der Waals surface area contributed by atoms with Crippen LogP contribution in [-0.2, 0) is 6.54 Å². The van der Waals surface area contributed by atoms with Gasteiger partial charge in [-0.2, -0.15) is 5.10 Å². The smallest absolute Gasteiger partial charge is 0.0557 e. The van der Waals surface area contributed by atoms with Crippen molar-refractivity contribution < 1.29 is 0 Å². The van der Waals surface area contributed by atoms with E-state index >= 15 is 0 Å². The summed E-state index contributed by atoms with van der Waals surface area (Å²) < 4.78 is 0. The van der Waals surface area contributed by atoms with Crippen LogP contribution in [0.4, 0.5) is 0 Å². The molecule has 0 spiro atoms. The van der Waals surface area contributed by atoms with Gasteiger partial charge in [0.25, 0.3) is 0 Å². The Labute approximate surface area is 149 Å². The summed E-state index contributed by atoms with van der Waals surface area (Å²) in [5.74, 6) is 0. The van der Waals surface area contributed by atoms with Crippen LogP contribution >= 0.6 is 11.6 Å². The van der Waals surface area contributed by atoms with Gasteiger partial charge in [0.05, 0.1) is 6.21 Å². The minimum absolute atomic E-state index is 0.745. The molecular weight excluding hydrogens is 318 g/mol. The summed E-state index contributed by atoms with van der Waals surface area (Å²) in [5.41, 5.74) is 5.11. The maximum atomic E-state index is 6.16. The lowest BCUT2D eigenvalue weighted by molar-refractivity contribution is 0.131. The number of hydrogen-bond donors (Lipinski definition) is 0. The van der Waals surface area contributed by atoms with Crippen molar-refractivity contribution in [1.29, 1.82) is 0 Å². The van der Waals surface area contributed by atoms with Crippen molar-refractivity contribution >= 4 is 17.8 Å². The molecule has 126 valence electrons. The molecular formula is C20H24ClN3. The van der Waals surface area contributed by atoms with Crippen molar-refractivity contribution in [2.75, 3.05) is 26.2 Å². The highest BCUT2D eigenvalue weighted by atomic mass is 35.5. The monoisotopic (exact) mass is 341 g/mol. The van der Waals surface area contributed by atoms with Crippen LogP contribution in [0.5, 0.6) is 0 Å². The molecule has 1 aliphatic heterocycles. The van der Waals surface area contributed by atoms with Gasteiger partial charge in [-0.15, -0.1) is 0 Å². The second-order valence-electron chi connectivity index (χ2n) is 6.43. The molecule has 0 radical (unpaired) electrons. The Balaban J connectivity index is 1.53. The van der Waals surface area contributed by atoms with E-state index in [1.807, 2.05) is 30.5 Å². The minimum atomic E-state index is 0.745. The topological polar surface area (TPSA) is 18.8 Å². The fourth-order valence-electron chi connectivity index (χ4n) is 3.00. The molecule has 0 aliphatic carbocycles. The van der Waals surface area contributed by atoms with Crippen LogP contribution in [0.15, 0.2) is 47.6 Å². The zero-order chi connectivity index (χ0) is 16.9. The number of halogens is 1. The van der Waals surface area contributed by atoms with E-state index in [1.165, 1.54) is 16.7 Å². The molecule has 0 atom stereocenters. The summed E-state index contributed by atoms with van der Waals surface area (Å²) in [7, 11) is 0. The molecule has 0 bridgehead atoms. The molecule has 0 amide bonds. The van der Waals surface area contributed by atoms with Crippen molar-refractivity contribution in [3.05, 3.63) is 69.7 Å². The van der Waals surface area contributed by atoms with Gasteiger partial charge in [0.15, 0.2) is 0 Å². The van der Waals surface area contributed by atoms with Crippen molar-refractivity contribution in [3.63, 3.8) is 0 Å². The summed E-state index contributed by atoms with van der Waals surface area (Å²) in [4.78, 5) is 2.50. The number of hydrogen-bond acceptors (Lipinski definition) is 3. The molecule has 4 heteroatoms. The summed E-state index contributed by atoms with van der Waals surface area (Å²) >= 11 is 6.16. The van der Waals surface area contributed by atoms with Gasteiger partial charge in [0.2, 0.25) is 0 Å². The van der Waals surface area contributed by atoms with Gasteiger partial charge in [0.1, 0.15) is 0 Å². The Morgan fingerprint density at radius 1 is 1.04 bits per heavy atom. The van der Waals surface area contributed by atoms with Crippen LogP contribution < -0.4 is 0 Å². The second-order valence-corrected chi connectivity index (χ2v) is 6.83. The first kappa shape index (κ1) is 17.0. The van der Waals surface area contributed by atoms with Crippen LogP contribution in [0.3, 0.4) is 0 Å². The van der Waals surface area contributed by atoms with Crippen LogP contribution in [0, 0.1) is 13.8 Å². The van der Waals surface area contributed by atoms with Gasteiger partial charge < -0.3 is 0 Å². The van der Waals surface area contributed by atoms with Crippen molar-refractivity contribution in [1.82, 2.24) is 9.91 Å². The maximum Gasteiger partial charge on any atom is 0.0557 e. The normalized spacial score (nSPS) is 16.0. The predicted molar refractivity (Wildman–Crippen MR) is 102 cm³/mol. The van der Waals surface area contributed by atoms with E-state index in [0.717, 1.165) is 43.3 Å². The van der Waals surface area contributed by atoms with Crippen LogP contribution in [0.25, 0.3) is 0 Å². The third kappa shape index (κ3) is 4.37. The number of hydrazone groups is 1. The number of nitrogens with zero attached hydrogens (tertiary/aromatic N) is 3. The van der Waals surface area contributed by atoms with E-state index < -0.39 is 0 Å². The van der Waals surface area contributed by atoms with Gasteiger partial charge in [-0.25, -0.2) is 0 Å². The Morgan fingerprint density at radius 2 is 1.79 bits per heavy atom. The van der Waals surface area contributed by atoms with Gasteiger partial charge in [-0.3, -0.25) is 9.91 Å². The summed E-state index contributed by atoms with van der Waals surface area (Å²) in [6, 6.07) is 14.5. The molecule has 3 rings (SSSR count). The van der Waals surface area contributed by atoms with Crippen LogP contribution in [-0.4, -0.2) is 42.3 Å². The lowest BCUT2D eigenvalue weighted by Crippen LogP contribution is -2.43. The molecule has 2 aromatic carbocycles. The Bertz CT molecular complexity index is 719. The van der Waals surface area contributed by atoms with Gasteiger partial charge in [-0.1, -0.05) is 53.6 Å². The number of piperazine rings is 1. The number of benzene rings is 2. The first-order chi connectivity index (χ1) is 11.6. The Kier molecular flexibility index (Phi) is 5.54. The minimum Gasteiger partial charge on any atom is -0.295 e. The van der Waals surface area contributed by atoms with Gasteiger partial charge >= 0.3 is 0 Å². The zero-order valence-corrected chi connectivity index (χ0v) is 15.1. The lowest BCUT2D eigenvalue weighted by Gasteiger charge is -2.33. The molecule has 0 saturated carbocycles. The van der Waals surface area contributed by atoms with Crippen molar-refractivity contribution in [2.45, 2.75) is 20.4 Å². The van der Waals surface area contributed by atoms with Crippen LogP contribution in [0.2, 0.25) is 5.02 Å². The average Bonchev–Trinajstić information content (AvgIpc) is 2.58. The molecule has 3 nitrogen and oxygen atoms in total. The van der Waals surface area contributed by atoms with E-state index in [0.29, 0.717) is 0 Å². The first-order valence-electron chi connectivity index (χ1n) is 8.44. The van der Waals surface area contributed by atoms with E-state index in [9.17, 15) is 0 Å². The molecule has 0 aromatic heterocycles. The lowest BCUT2D eigenvalue weighted by atomic mass is 10.1. The summed E-state index contributed by atoms with van der Waals surface area (Å²) in [6.07, 6.45) is 1.86. The standard InChI is InChI=1S/C20H24ClN3/c1-16-7-8-19(17(2)13-16)15-23-9-11-24(12-10-23)22-14-18-5-3-4-6-20(18)21/h3-8,13-14H,9-12,15H2,1-2H3/b22-14-. The largest absolute Gasteiger partial charge is 0.295 e. The van der Waals surface area contributed by atoms with E-state index in [-0.39, 0.29) is 0 Å². The van der Waals surface area contributed by atoms with Crippen LogP contribution in [0.1, 0.15) is 22.3 Å². The third-order valence-electron chi connectivity index (χ3n) is 4.51. The number of rotatable bonds is 4. The Hall–Kier alpha value is -1.84. The number of aryl methyl sites for hydroxylation is 2. The van der Waals surface area contributed by atoms with Crippen molar-refractivity contribution in [2.24, 2.45) is 5.10 Å². The van der Waals surface area contributed by atoms with E-state index in [2.05, 4.69) is 47.1 Å². The van der Waals surface area contributed by atoms with E-state index in [4.69, 9.17) is 11.6 Å². The SMILES string of the molecule is Cc1ccc(CN2CCN(/N=C\c3ccccc3Cl)CC2)c(C)c1. The molecule has 1 aliphatic rings. The van der Waals surface area contributed by atoms with Gasteiger partial charge in [-0.05, 0) is 31.0 Å². The van der Waals surface area contributed by atoms with E-state index in [1.54, 1.807) is 0 Å². The highest BCUT2D eigenvalue weighted by Crippen LogP contribution is 2.15. The molecule has 1 saturated heterocycles. The quantitative estimate of drug-likeness (QED) is 0.779. The maximum absolute atomic E-state index is 6.16. The molecule has 1 heterocycles. The summed E-state index contributed by atoms with van der Waals surface area (Å²) in [6.45, 7) is 9.34. The average molecular weight is 342 g/mol. The van der Waals surface area contributed by atoms with Gasteiger partial charge in [0, 0.05) is 43.3 Å². The summed E-state index contributed by atoms with van der Waals surface area (Å²) in [5, 5.41) is 7.45. The first-order valence-corrected chi connectivity index (χ1v) is 8.81. The third-order valence-corrected chi connectivity index (χ3v) is 4.85. The zero-order valence-electron chi connectivity index (χ0n) is 14.4. The highest BCUT2D eigenvalue weighted by Gasteiger charge is 2.16. The predicted octanol–water partition coefficient (Wildman–Crippen LogP) is 4.11. The molecule has 2 aromatic rings. The second kappa shape index (κ2) is 7.82. The fourth-order valence-corrected chi connectivity index (χ4v) is 3.18. The Morgan fingerprint density at radius 3 is 2.50 bits per heavy atom. The molecule has 0 N–H and O–H groups in total. The molecule has 0 unspecified atom stereocenters.